The molecule has 2 aliphatic heterocycles. The van der Waals surface area contributed by atoms with E-state index in [0.717, 1.165) is 50.8 Å². The second kappa shape index (κ2) is 6.59. The number of ether oxygens (including phenoxy) is 1. The van der Waals surface area contributed by atoms with E-state index >= 15 is 0 Å². The molecule has 23 heavy (non-hydrogen) atoms. The monoisotopic (exact) mass is 333 g/mol. The molecule has 4 rings (SSSR count). The molecule has 0 aliphatic carbocycles. The molecule has 7 heteroatoms. The fourth-order valence-electron chi connectivity index (χ4n) is 3.60. The lowest BCUT2D eigenvalue weighted by atomic mass is 9.95. The number of nitrogens with one attached hydrogen (secondary N) is 1. The third kappa shape index (κ3) is 3.00. The molecule has 6 nitrogen and oxygen atoms in total. The molecule has 1 N–H and O–H groups in total. The summed E-state index contributed by atoms with van der Waals surface area (Å²) in [5, 5.41) is 14.3. The van der Waals surface area contributed by atoms with Crippen LogP contribution in [0.15, 0.2) is 11.4 Å². The smallest absolute Gasteiger partial charge is 0.147 e. The van der Waals surface area contributed by atoms with Gasteiger partial charge in [0, 0.05) is 25.6 Å². The summed E-state index contributed by atoms with van der Waals surface area (Å²) >= 11 is 1.78. The molecule has 0 radical (unpaired) electrons. The first kappa shape index (κ1) is 15.1. The fourth-order valence-corrected chi connectivity index (χ4v) is 4.48. The Kier molecular flexibility index (Phi) is 4.33. The second-order valence-electron chi connectivity index (χ2n) is 6.27. The largest absolute Gasteiger partial charge is 0.496 e. The Morgan fingerprint density at radius 3 is 3.00 bits per heavy atom. The van der Waals surface area contributed by atoms with E-state index in [1.165, 1.54) is 23.5 Å². The van der Waals surface area contributed by atoms with E-state index in [-0.39, 0.29) is 0 Å². The zero-order valence-corrected chi connectivity index (χ0v) is 14.3. The van der Waals surface area contributed by atoms with E-state index in [0.29, 0.717) is 5.92 Å². The van der Waals surface area contributed by atoms with Gasteiger partial charge in [-0.2, -0.15) is 0 Å². The molecule has 1 saturated heterocycles. The molecule has 2 aromatic rings. The Morgan fingerprint density at radius 1 is 1.30 bits per heavy atom. The number of hydrogen-bond donors (Lipinski definition) is 1. The Hall–Kier alpha value is -1.44. The molecule has 2 aliphatic rings. The van der Waals surface area contributed by atoms with Crippen LogP contribution in [-0.4, -0.2) is 46.4 Å². The van der Waals surface area contributed by atoms with E-state index in [9.17, 15) is 0 Å². The first-order valence-electron chi connectivity index (χ1n) is 8.30. The van der Waals surface area contributed by atoms with Crippen molar-refractivity contribution in [2.24, 2.45) is 0 Å². The maximum Gasteiger partial charge on any atom is 0.147 e. The summed E-state index contributed by atoms with van der Waals surface area (Å²) in [6, 6.07) is 2.06. The number of likely N-dealkylation sites (tertiary alicyclic amines) is 1. The van der Waals surface area contributed by atoms with Crippen LogP contribution in [0.2, 0.25) is 0 Å². The van der Waals surface area contributed by atoms with Crippen LogP contribution in [-0.2, 0) is 19.6 Å². The number of thiophene rings is 1. The quantitative estimate of drug-likeness (QED) is 0.925. The minimum Gasteiger partial charge on any atom is -0.496 e. The zero-order valence-electron chi connectivity index (χ0n) is 13.5. The van der Waals surface area contributed by atoms with Gasteiger partial charge in [-0.3, -0.25) is 4.90 Å². The minimum absolute atomic E-state index is 0.552. The molecule has 0 spiro atoms. The van der Waals surface area contributed by atoms with Gasteiger partial charge in [0.25, 0.3) is 0 Å². The number of fused-ring (bicyclic) bond motifs is 1. The molecular formula is C16H23N5OS. The summed E-state index contributed by atoms with van der Waals surface area (Å²) in [6.07, 6.45) is 2.33. The summed E-state index contributed by atoms with van der Waals surface area (Å²) < 4.78 is 7.76. The van der Waals surface area contributed by atoms with Crippen molar-refractivity contribution in [2.75, 3.05) is 26.7 Å². The number of aromatic nitrogens is 3. The molecule has 0 aromatic carbocycles. The summed E-state index contributed by atoms with van der Waals surface area (Å²) in [6.45, 7) is 6.11. The average Bonchev–Trinajstić information content (AvgIpc) is 3.22. The van der Waals surface area contributed by atoms with Gasteiger partial charge < -0.3 is 14.6 Å². The van der Waals surface area contributed by atoms with Gasteiger partial charge in [-0.25, -0.2) is 0 Å². The Morgan fingerprint density at radius 2 is 2.17 bits per heavy atom. The lowest BCUT2D eigenvalue weighted by Gasteiger charge is -2.31. The lowest BCUT2D eigenvalue weighted by Crippen LogP contribution is -2.34. The molecule has 0 bridgehead atoms. The highest BCUT2D eigenvalue weighted by Gasteiger charge is 2.27. The molecule has 0 unspecified atom stereocenters. The highest BCUT2D eigenvalue weighted by atomic mass is 32.1. The summed E-state index contributed by atoms with van der Waals surface area (Å²) in [7, 11) is 1.75. The molecule has 124 valence electrons. The molecule has 0 amide bonds. The van der Waals surface area contributed by atoms with E-state index in [2.05, 4.69) is 36.4 Å². The first-order chi connectivity index (χ1) is 11.3. The topological polar surface area (TPSA) is 55.2 Å². The third-order valence-electron chi connectivity index (χ3n) is 4.90. The molecule has 0 atom stereocenters. The van der Waals surface area contributed by atoms with Crippen LogP contribution in [0.25, 0.3) is 0 Å². The van der Waals surface area contributed by atoms with Gasteiger partial charge in [-0.15, -0.1) is 21.5 Å². The standard InChI is InChI=1S/C16H23N5OS/c1-22-13-4-9-23-14(13)11-20-6-2-12(3-7-20)16-19-18-15-10-17-5-8-21(15)16/h4,9,12,17H,2-3,5-8,10-11H2,1H3. The van der Waals surface area contributed by atoms with Crippen molar-refractivity contribution in [3.63, 3.8) is 0 Å². The zero-order chi connectivity index (χ0) is 15.6. The number of hydrogen-bond acceptors (Lipinski definition) is 6. The Balaban J connectivity index is 1.38. The van der Waals surface area contributed by atoms with Crippen molar-refractivity contribution < 1.29 is 4.74 Å². The van der Waals surface area contributed by atoms with Crippen molar-refractivity contribution in [3.8, 4) is 5.75 Å². The SMILES string of the molecule is COc1ccsc1CN1CCC(c2nnc3n2CCNC3)CC1. The Labute approximate surface area is 140 Å². The molecule has 2 aromatic heterocycles. The van der Waals surface area contributed by atoms with Crippen LogP contribution < -0.4 is 10.1 Å². The minimum atomic E-state index is 0.552. The van der Waals surface area contributed by atoms with E-state index in [1.54, 1.807) is 18.4 Å². The van der Waals surface area contributed by atoms with Crippen LogP contribution in [0.5, 0.6) is 5.75 Å². The highest BCUT2D eigenvalue weighted by Crippen LogP contribution is 2.31. The predicted octanol–water partition coefficient (Wildman–Crippen LogP) is 1.83. The predicted molar refractivity (Wildman–Crippen MR) is 89.9 cm³/mol. The van der Waals surface area contributed by atoms with Crippen LogP contribution in [0.3, 0.4) is 0 Å². The van der Waals surface area contributed by atoms with Gasteiger partial charge in [0.1, 0.15) is 17.4 Å². The summed E-state index contributed by atoms with van der Waals surface area (Å²) in [5.41, 5.74) is 0. The van der Waals surface area contributed by atoms with Crippen LogP contribution in [0, 0.1) is 0 Å². The van der Waals surface area contributed by atoms with Gasteiger partial charge in [-0.05, 0) is 37.4 Å². The molecule has 4 heterocycles. The van der Waals surface area contributed by atoms with Gasteiger partial charge in [0.15, 0.2) is 0 Å². The first-order valence-corrected chi connectivity index (χ1v) is 9.18. The highest BCUT2D eigenvalue weighted by molar-refractivity contribution is 7.10. The van der Waals surface area contributed by atoms with Gasteiger partial charge >= 0.3 is 0 Å². The number of rotatable bonds is 4. The fraction of sp³-hybridized carbons (Fsp3) is 0.625. The van der Waals surface area contributed by atoms with E-state index in [4.69, 9.17) is 4.74 Å². The van der Waals surface area contributed by atoms with E-state index < -0.39 is 0 Å². The summed E-state index contributed by atoms with van der Waals surface area (Å²) in [4.78, 5) is 3.86. The van der Waals surface area contributed by atoms with Gasteiger partial charge in [-0.1, -0.05) is 0 Å². The van der Waals surface area contributed by atoms with Crippen molar-refractivity contribution >= 4 is 11.3 Å². The number of nitrogens with zero attached hydrogens (tertiary/aromatic N) is 4. The average molecular weight is 333 g/mol. The van der Waals surface area contributed by atoms with Crippen LogP contribution in [0.1, 0.15) is 35.3 Å². The normalized spacial score (nSPS) is 19.7. The maximum atomic E-state index is 5.43. The van der Waals surface area contributed by atoms with Crippen molar-refractivity contribution in [1.82, 2.24) is 25.0 Å². The molecule has 0 saturated carbocycles. The molecular weight excluding hydrogens is 310 g/mol. The maximum absolute atomic E-state index is 5.43. The van der Waals surface area contributed by atoms with E-state index in [1.807, 2.05) is 0 Å². The van der Waals surface area contributed by atoms with Crippen LogP contribution in [0.4, 0.5) is 0 Å². The Bertz CT molecular complexity index is 659. The van der Waals surface area contributed by atoms with Crippen molar-refractivity contribution in [2.45, 2.75) is 38.4 Å². The third-order valence-corrected chi connectivity index (χ3v) is 5.78. The van der Waals surface area contributed by atoms with Crippen molar-refractivity contribution in [1.29, 1.82) is 0 Å². The summed E-state index contributed by atoms with van der Waals surface area (Å²) in [5.74, 6) is 3.87. The van der Waals surface area contributed by atoms with Crippen LogP contribution >= 0.6 is 11.3 Å². The van der Waals surface area contributed by atoms with Crippen molar-refractivity contribution in [3.05, 3.63) is 28.0 Å². The lowest BCUT2D eigenvalue weighted by molar-refractivity contribution is 0.199. The second-order valence-corrected chi connectivity index (χ2v) is 7.27. The molecule has 1 fully saturated rings. The van der Waals surface area contributed by atoms with Gasteiger partial charge in [0.05, 0.1) is 18.5 Å². The van der Waals surface area contributed by atoms with Gasteiger partial charge in [0.2, 0.25) is 0 Å². The number of methoxy groups -OCH3 is 1. The number of piperidine rings is 1.